The lowest BCUT2D eigenvalue weighted by Crippen LogP contribution is -2.30. The molecule has 1 amide bonds. The van der Waals surface area contributed by atoms with Crippen LogP contribution in [0.1, 0.15) is 76.5 Å². The predicted octanol–water partition coefficient (Wildman–Crippen LogP) is 6.73. The first-order valence-corrected chi connectivity index (χ1v) is 12.5. The van der Waals surface area contributed by atoms with Gasteiger partial charge in [-0.15, -0.1) is 0 Å². The van der Waals surface area contributed by atoms with Gasteiger partial charge in [0.1, 0.15) is 12.4 Å². The summed E-state index contributed by atoms with van der Waals surface area (Å²) in [6, 6.07) is 19.7. The molecule has 0 aliphatic rings. The monoisotopic (exact) mass is 487 g/mol. The van der Waals surface area contributed by atoms with E-state index in [0.29, 0.717) is 29.4 Å². The Balaban J connectivity index is 1.87. The van der Waals surface area contributed by atoms with E-state index in [9.17, 15) is 14.7 Å². The molecule has 0 bridgehead atoms. The smallest absolute Gasteiger partial charge is 0.303 e. The molecule has 5 nitrogen and oxygen atoms in total. The molecule has 5 heteroatoms. The number of hydrogen-bond acceptors (Lipinski definition) is 3. The number of hydrogen-bond donors (Lipinski definition) is 2. The van der Waals surface area contributed by atoms with Gasteiger partial charge in [-0.2, -0.15) is 0 Å². The molecule has 1 unspecified atom stereocenters. The Morgan fingerprint density at radius 1 is 0.889 bits per heavy atom. The van der Waals surface area contributed by atoms with Gasteiger partial charge in [-0.05, 0) is 68.4 Å². The van der Waals surface area contributed by atoms with Crippen molar-refractivity contribution in [3.8, 4) is 5.75 Å². The SMILES string of the molecule is Cc1ccc(COc2ccc(CCC(=O)O)c(C(=O)NC(CC(C)C)c3cc(C)cc(C)c3)c2)cc1. The highest BCUT2D eigenvalue weighted by molar-refractivity contribution is 5.96. The summed E-state index contributed by atoms with van der Waals surface area (Å²) in [5.41, 5.74) is 6.75. The van der Waals surface area contributed by atoms with E-state index in [-0.39, 0.29) is 24.8 Å². The number of rotatable bonds is 11. The van der Waals surface area contributed by atoms with Crippen molar-refractivity contribution >= 4 is 11.9 Å². The van der Waals surface area contributed by atoms with Crippen LogP contribution in [0.4, 0.5) is 0 Å². The molecule has 0 aromatic heterocycles. The summed E-state index contributed by atoms with van der Waals surface area (Å²) in [7, 11) is 0. The second-order valence-corrected chi connectivity index (χ2v) is 10.1. The van der Waals surface area contributed by atoms with E-state index in [1.807, 2.05) is 31.2 Å². The second-order valence-electron chi connectivity index (χ2n) is 10.1. The Morgan fingerprint density at radius 3 is 2.17 bits per heavy atom. The third kappa shape index (κ3) is 7.98. The van der Waals surface area contributed by atoms with E-state index in [1.165, 1.54) is 5.56 Å². The summed E-state index contributed by atoms with van der Waals surface area (Å²) >= 11 is 0. The Kier molecular flexibility index (Phi) is 9.29. The highest BCUT2D eigenvalue weighted by Gasteiger charge is 2.21. The topological polar surface area (TPSA) is 75.6 Å². The maximum absolute atomic E-state index is 13.6. The van der Waals surface area contributed by atoms with Gasteiger partial charge in [0.25, 0.3) is 5.91 Å². The number of ether oxygens (including phenoxy) is 1. The number of nitrogens with one attached hydrogen (secondary N) is 1. The number of carbonyl (C=O) groups excluding carboxylic acids is 1. The van der Waals surface area contributed by atoms with Gasteiger partial charge in [0.15, 0.2) is 0 Å². The van der Waals surface area contributed by atoms with Gasteiger partial charge >= 0.3 is 5.97 Å². The molecule has 0 aliphatic heterocycles. The summed E-state index contributed by atoms with van der Waals surface area (Å²) in [5.74, 6) is -0.159. The molecular weight excluding hydrogens is 450 g/mol. The highest BCUT2D eigenvalue weighted by Crippen LogP contribution is 2.26. The molecule has 3 aromatic carbocycles. The third-order valence-electron chi connectivity index (χ3n) is 6.12. The van der Waals surface area contributed by atoms with Crippen LogP contribution >= 0.6 is 0 Å². The van der Waals surface area contributed by atoms with Crippen molar-refractivity contribution in [3.05, 3.63) is 99.6 Å². The molecule has 0 heterocycles. The van der Waals surface area contributed by atoms with Gasteiger partial charge in [-0.3, -0.25) is 9.59 Å². The first kappa shape index (κ1) is 27.0. The van der Waals surface area contributed by atoms with Crippen LogP contribution in [-0.4, -0.2) is 17.0 Å². The van der Waals surface area contributed by atoms with Crippen molar-refractivity contribution in [3.63, 3.8) is 0 Å². The average Bonchev–Trinajstić information content (AvgIpc) is 2.81. The zero-order chi connectivity index (χ0) is 26.2. The lowest BCUT2D eigenvalue weighted by molar-refractivity contribution is -0.136. The lowest BCUT2D eigenvalue weighted by Gasteiger charge is -2.23. The Bertz CT molecular complexity index is 1180. The number of carboxylic acid groups (broad SMARTS) is 1. The molecule has 0 saturated heterocycles. The second kappa shape index (κ2) is 12.4. The zero-order valence-corrected chi connectivity index (χ0v) is 21.9. The van der Waals surface area contributed by atoms with Crippen molar-refractivity contribution in [1.29, 1.82) is 0 Å². The first-order chi connectivity index (χ1) is 17.1. The molecule has 2 N–H and O–H groups in total. The minimum atomic E-state index is -0.894. The van der Waals surface area contributed by atoms with Crippen LogP contribution in [0.15, 0.2) is 60.7 Å². The fourth-order valence-corrected chi connectivity index (χ4v) is 4.36. The Morgan fingerprint density at radius 2 is 1.56 bits per heavy atom. The molecule has 3 aromatic rings. The van der Waals surface area contributed by atoms with Crippen molar-refractivity contribution in [2.24, 2.45) is 5.92 Å². The lowest BCUT2D eigenvalue weighted by atomic mass is 9.93. The third-order valence-corrected chi connectivity index (χ3v) is 6.12. The van der Waals surface area contributed by atoms with Crippen LogP contribution in [0.5, 0.6) is 5.75 Å². The summed E-state index contributed by atoms with van der Waals surface area (Å²) in [5, 5.41) is 12.4. The van der Waals surface area contributed by atoms with Crippen molar-refractivity contribution in [2.75, 3.05) is 0 Å². The Labute approximate surface area is 214 Å². The molecule has 36 heavy (non-hydrogen) atoms. The fourth-order valence-electron chi connectivity index (χ4n) is 4.36. The summed E-state index contributed by atoms with van der Waals surface area (Å²) in [6.45, 7) is 10.8. The molecule has 3 rings (SSSR count). The standard InChI is InChI=1S/C31H37NO4/c1-20(2)14-29(26-16-22(4)15-23(5)17-26)32-31(35)28-18-27(12-10-25(28)11-13-30(33)34)36-19-24-8-6-21(3)7-9-24/h6-10,12,15-18,20,29H,11,13-14,19H2,1-5H3,(H,32,35)(H,33,34). The maximum Gasteiger partial charge on any atom is 0.303 e. The van der Waals surface area contributed by atoms with Crippen LogP contribution in [0.2, 0.25) is 0 Å². The number of aryl methyl sites for hydroxylation is 4. The van der Waals surface area contributed by atoms with Gasteiger partial charge in [-0.25, -0.2) is 0 Å². The van der Waals surface area contributed by atoms with Crippen molar-refractivity contribution < 1.29 is 19.4 Å². The first-order valence-electron chi connectivity index (χ1n) is 12.5. The van der Waals surface area contributed by atoms with E-state index in [1.54, 1.807) is 18.2 Å². The minimum absolute atomic E-state index is 0.0453. The van der Waals surface area contributed by atoms with E-state index in [4.69, 9.17) is 4.74 Å². The molecule has 190 valence electrons. The van der Waals surface area contributed by atoms with Crippen LogP contribution in [-0.2, 0) is 17.8 Å². The number of carboxylic acids is 1. The number of carbonyl (C=O) groups is 2. The van der Waals surface area contributed by atoms with Crippen LogP contribution in [0.3, 0.4) is 0 Å². The Hall–Kier alpha value is -3.60. The molecule has 0 saturated carbocycles. The van der Waals surface area contributed by atoms with Crippen LogP contribution < -0.4 is 10.1 Å². The molecule has 0 radical (unpaired) electrons. The fraction of sp³-hybridized carbons (Fsp3) is 0.355. The van der Waals surface area contributed by atoms with E-state index >= 15 is 0 Å². The van der Waals surface area contributed by atoms with Gasteiger partial charge in [0.2, 0.25) is 0 Å². The molecule has 1 atom stereocenters. The number of amides is 1. The van der Waals surface area contributed by atoms with Crippen molar-refractivity contribution in [2.45, 2.75) is 66.5 Å². The zero-order valence-electron chi connectivity index (χ0n) is 21.9. The number of aliphatic carboxylic acids is 1. The maximum atomic E-state index is 13.6. The average molecular weight is 488 g/mol. The molecule has 0 aliphatic carbocycles. The largest absolute Gasteiger partial charge is 0.489 e. The summed E-state index contributed by atoms with van der Waals surface area (Å²) in [6.07, 6.45) is 1.02. The van der Waals surface area contributed by atoms with E-state index < -0.39 is 5.97 Å². The molecule has 0 spiro atoms. The molecular formula is C31H37NO4. The van der Waals surface area contributed by atoms with E-state index in [0.717, 1.165) is 28.7 Å². The van der Waals surface area contributed by atoms with E-state index in [2.05, 4.69) is 51.2 Å². The summed E-state index contributed by atoms with van der Waals surface area (Å²) in [4.78, 5) is 24.8. The normalized spacial score (nSPS) is 11.8. The van der Waals surface area contributed by atoms with Gasteiger partial charge in [-0.1, -0.05) is 79.1 Å². The van der Waals surface area contributed by atoms with Crippen molar-refractivity contribution in [1.82, 2.24) is 5.32 Å². The summed E-state index contributed by atoms with van der Waals surface area (Å²) < 4.78 is 5.99. The van der Waals surface area contributed by atoms with Crippen LogP contribution in [0, 0.1) is 26.7 Å². The number of benzene rings is 3. The minimum Gasteiger partial charge on any atom is -0.489 e. The van der Waals surface area contributed by atoms with Gasteiger partial charge < -0.3 is 15.2 Å². The van der Waals surface area contributed by atoms with Crippen LogP contribution in [0.25, 0.3) is 0 Å². The van der Waals surface area contributed by atoms with Gasteiger partial charge in [0.05, 0.1) is 6.04 Å². The quantitative estimate of drug-likeness (QED) is 0.315. The van der Waals surface area contributed by atoms with Gasteiger partial charge in [0, 0.05) is 12.0 Å². The molecule has 0 fully saturated rings. The highest BCUT2D eigenvalue weighted by atomic mass is 16.5. The predicted molar refractivity (Wildman–Crippen MR) is 143 cm³/mol.